The smallest absolute Gasteiger partial charge is 0.122 e. The van der Waals surface area contributed by atoms with Crippen LogP contribution in [0.4, 0.5) is 11.4 Å². The maximum atomic E-state index is 6.03. The number of anilines is 2. The predicted octanol–water partition coefficient (Wildman–Crippen LogP) is 4.14. The van der Waals surface area contributed by atoms with Crippen LogP contribution in [0.3, 0.4) is 0 Å². The van der Waals surface area contributed by atoms with Crippen molar-refractivity contribution in [2.45, 2.75) is 6.42 Å². The van der Waals surface area contributed by atoms with Gasteiger partial charge in [0.1, 0.15) is 5.75 Å². The average molecular weight is 328 g/mol. The number of rotatable bonds is 5. The first-order valence-corrected chi connectivity index (χ1v) is 7.77. The molecule has 23 heavy (non-hydrogen) atoms. The zero-order chi connectivity index (χ0) is 16.2. The number of nitrogens with zero attached hydrogens (tertiary/aromatic N) is 1. The molecule has 0 saturated heterocycles. The van der Waals surface area contributed by atoms with Gasteiger partial charge in [-0.3, -0.25) is 4.98 Å². The normalized spacial score (nSPS) is 10.7. The Balaban J connectivity index is 1.97. The number of nitrogens with one attached hydrogen (secondary N) is 1. The molecule has 0 bridgehead atoms. The second-order valence-electron chi connectivity index (χ2n) is 5.21. The predicted molar refractivity (Wildman–Crippen MR) is 95.8 cm³/mol. The molecule has 0 amide bonds. The number of hydrogen-bond acceptors (Lipinski definition) is 4. The number of nitrogens with two attached hydrogens (primary N) is 1. The molecule has 5 heteroatoms. The fourth-order valence-corrected chi connectivity index (χ4v) is 2.76. The highest BCUT2D eigenvalue weighted by atomic mass is 35.5. The molecular weight excluding hydrogens is 310 g/mol. The zero-order valence-electron chi connectivity index (χ0n) is 12.8. The van der Waals surface area contributed by atoms with E-state index < -0.39 is 0 Å². The van der Waals surface area contributed by atoms with E-state index in [1.807, 2.05) is 36.4 Å². The lowest BCUT2D eigenvalue weighted by molar-refractivity contribution is 0.410. The lowest BCUT2D eigenvalue weighted by Crippen LogP contribution is -2.05. The standard InChI is InChI=1S/C18H18ClN3O/c1-23-18-5-3-14(10-12(18)6-8-20)22-16-7-9-21-17-11-13(19)2-4-15(16)17/h2-5,7,9-11H,6,8,20H2,1H3,(H,21,22). The molecule has 0 aliphatic heterocycles. The average Bonchev–Trinajstić information content (AvgIpc) is 2.55. The van der Waals surface area contributed by atoms with Crippen LogP contribution in [-0.4, -0.2) is 18.6 Å². The molecule has 3 aromatic rings. The molecule has 1 heterocycles. The highest BCUT2D eigenvalue weighted by Crippen LogP contribution is 2.29. The number of aromatic nitrogens is 1. The molecule has 3 N–H and O–H groups in total. The first kappa shape index (κ1) is 15.6. The Morgan fingerprint density at radius 1 is 1.17 bits per heavy atom. The lowest BCUT2D eigenvalue weighted by atomic mass is 10.1. The largest absolute Gasteiger partial charge is 0.496 e. The van der Waals surface area contributed by atoms with Crippen LogP contribution in [0.2, 0.25) is 5.02 Å². The summed E-state index contributed by atoms with van der Waals surface area (Å²) < 4.78 is 5.38. The van der Waals surface area contributed by atoms with Gasteiger partial charge < -0.3 is 15.8 Å². The number of ether oxygens (including phenoxy) is 1. The molecule has 0 unspecified atom stereocenters. The van der Waals surface area contributed by atoms with Crippen molar-refractivity contribution in [3.63, 3.8) is 0 Å². The van der Waals surface area contributed by atoms with Gasteiger partial charge in [-0.05, 0) is 61.0 Å². The second kappa shape index (κ2) is 6.86. The van der Waals surface area contributed by atoms with Crippen LogP contribution in [0.15, 0.2) is 48.7 Å². The topological polar surface area (TPSA) is 60.2 Å². The van der Waals surface area contributed by atoms with E-state index in [0.717, 1.165) is 40.0 Å². The van der Waals surface area contributed by atoms with Gasteiger partial charge in [-0.2, -0.15) is 0 Å². The van der Waals surface area contributed by atoms with E-state index in [4.69, 9.17) is 22.1 Å². The fourth-order valence-electron chi connectivity index (χ4n) is 2.59. The van der Waals surface area contributed by atoms with Crippen LogP contribution in [-0.2, 0) is 6.42 Å². The van der Waals surface area contributed by atoms with E-state index in [0.29, 0.717) is 11.6 Å². The number of fused-ring (bicyclic) bond motifs is 1. The molecule has 1 aromatic heterocycles. The third-order valence-corrected chi connectivity index (χ3v) is 3.91. The van der Waals surface area contributed by atoms with Crippen LogP contribution >= 0.6 is 11.6 Å². The molecule has 2 aromatic carbocycles. The Kier molecular flexibility index (Phi) is 4.65. The third kappa shape index (κ3) is 3.38. The maximum Gasteiger partial charge on any atom is 0.122 e. The van der Waals surface area contributed by atoms with Crippen LogP contribution in [0.25, 0.3) is 10.9 Å². The van der Waals surface area contributed by atoms with Crippen LogP contribution in [0, 0.1) is 0 Å². The monoisotopic (exact) mass is 327 g/mol. The molecule has 0 spiro atoms. The Morgan fingerprint density at radius 3 is 2.83 bits per heavy atom. The van der Waals surface area contributed by atoms with E-state index in [9.17, 15) is 0 Å². The lowest BCUT2D eigenvalue weighted by Gasteiger charge is -2.13. The minimum Gasteiger partial charge on any atom is -0.496 e. The van der Waals surface area contributed by atoms with Crippen molar-refractivity contribution in [2.75, 3.05) is 19.0 Å². The molecule has 3 rings (SSSR count). The van der Waals surface area contributed by atoms with E-state index >= 15 is 0 Å². The van der Waals surface area contributed by atoms with Gasteiger partial charge in [0.15, 0.2) is 0 Å². The summed E-state index contributed by atoms with van der Waals surface area (Å²) >= 11 is 6.03. The number of hydrogen-bond donors (Lipinski definition) is 2. The Labute approximate surface area is 140 Å². The quantitative estimate of drug-likeness (QED) is 0.739. The van der Waals surface area contributed by atoms with E-state index in [2.05, 4.69) is 16.4 Å². The summed E-state index contributed by atoms with van der Waals surface area (Å²) in [5, 5.41) is 5.14. The Hall–Kier alpha value is -2.30. The van der Waals surface area contributed by atoms with Crippen molar-refractivity contribution < 1.29 is 4.74 Å². The zero-order valence-corrected chi connectivity index (χ0v) is 13.6. The third-order valence-electron chi connectivity index (χ3n) is 3.68. The van der Waals surface area contributed by atoms with Crippen LogP contribution in [0.5, 0.6) is 5.75 Å². The molecule has 0 aliphatic carbocycles. The van der Waals surface area contributed by atoms with Gasteiger partial charge in [0.2, 0.25) is 0 Å². The molecule has 0 fully saturated rings. The SMILES string of the molecule is COc1ccc(Nc2ccnc3cc(Cl)ccc23)cc1CCN. The van der Waals surface area contributed by atoms with Gasteiger partial charge in [-0.1, -0.05) is 11.6 Å². The molecule has 0 radical (unpaired) electrons. The number of pyridine rings is 1. The van der Waals surface area contributed by atoms with Crippen molar-refractivity contribution in [1.82, 2.24) is 4.98 Å². The summed E-state index contributed by atoms with van der Waals surface area (Å²) in [5.41, 5.74) is 9.59. The van der Waals surface area contributed by atoms with Crippen molar-refractivity contribution in [3.8, 4) is 5.75 Å². The summed E-state index contributed by atoms with van der Waals surface area (Å²) in [5.74, 6) is 0.854. The maximum absolute atomic E-state index is 6.03. The van der Waals surface area contributed by atoms with Crippen molar-refractivity contribution in [1.29, 1.82) is 0 Å². The summed E-state index contributed by atoms with van der Waals surface area (Å²) in [6.45, 7) is 0.580. The fraction of sp³-hybridized carbons (Fsp3) is 0.167. The molecule has 0 atom stereocenters. The van der Waals surface area contributed by atoms with Gasteiger partial charge in [-0.25, -0.2) is 0 Å². The molecule has 4 nitrogen and oxygen atoms in total. The molecule has 0 saturated carbocycles. The van der Waals surface area contributed by atoms with E-state index in [-0.39, 0.29) is 0 Å². The number of halogens is 1. The van der Waals surface area contributed by atoms with Crippen molar-refractivity contribution in [3.05, 3.63) is 59.2 Å². The van der Waals surface area contributed by atoms with E-state index in [1.165, 1.54) is 0 Å². The highest BCUT2D eigenvalue weighted by Gasteiger charge is 2.07. The van der Waals surface area contributed by atoms with Crippen molar-refractivity contribution in [2.24, 2.45) is 5.73 Å². The van der Waals surface area contributed by atoms with Gasteiger partial charge in [-0.15, -0.1) is 0 Å². The first-order valence-electron chi connectivity index (χ1n) is 7.39. The second-order valence-corrected chi connectivity index (χ2v) is 5.65. The summed E-state index contributed by atoms with van der Waals surface area (Å²) in [4.78, 5) is 4.36. The number of benzene rings is 2. The number of methoxy groups -OCH3 is 1. The van der Waals surface area contributed by atoms with Crippen LogP contribution < -0.4 is 15.8 Å². The minimum absolute atomic E-state index is 0.580. The van der Waals surface area contributed by atoms with Gasteiger partial charge in [0.25, 0.3) is 0 Å². The summed E-state index contributed by atoms with van der Waals surface area (Å²) in [6.07, 6.45) is 2.54. The van der Waals surface area contributed by atoms with Crippen LogP contribution in [0.1, 0.15) is 5.56 Å². The molecular formula is C18H18ClN3O. The van der Waals surface area contributed by atoms with Crippen molar-refractivity contribution >= 4 is 33.9 Å². The minimum atomic E-state index is 0.580. The molecule has 0 aliphatic rings. The Bertz CT molecular complexity index is 836. The van der Waals surface area contributed by atoms with Gasteiger partial charge in [0, 0.05) is 28.0 Å². The van der Waals surface area contributed by atoms with E-state index in [1.54, 1.807) is 13.3 Å². The summed E-state index contributed by atoms with van der Waals surface area (Å²) in [7, 11) is 1.67. The highest BCUT2D eigenvalue weighted by molar-refractivity contribution is 6.31. The molecule has 118 valence electrons. The van der Waals surface area contributed by atoms with Gasteiger partial charge in [0.05, 0.1) is 12.6 Å². The first-order chi connectivity index (χ1) is 11.2. The van der Waals surface area contributed by atoms with Gasteiger partial charge >= 0.3 is 0 Å². The summed E-state index contributed by atoms with van der Waals surface area (Å²) in [6, 6.07) is 13.6. The Morgan fingerprint density at radius 2 is 2.04 bits per heavy atom.